The Labute approximate surface area is 65.9 Å². The van der Waals surface area contributed by atoms with Crippen molar-refractivity contribution in [2.75, 3.05) is 0 Å². The van der Waals surface area contributed by atoms with Crippen LogP contribution in [0.25, 0.3) is 11.2 Å². The van der Waals surface area contributed by atoms with Crippen molar-refractivity contribution in [2.24, 2.45) is 0 Å². The van der Waals surface area contributed by atoms with Crippen molar-refractivity contribution in [3.63, 3.8) is 0 Å². The van der Waals surface area contributed by atoms with E-state index in [4.69, 9.17) is 0 Å². The van der Waals surface area contributed by atoms with E-state index in [0.717, 1.165) is 16.3 Å². The van der Waals surface area contributed by atoms with E-state index < -0.39 is 0 Å². The molecule has 1 N–H and O–H groups in total. The summed E-state index contributed by atoms with van der Waals surface area (Å²) in [5.41, 5.74) is 1.01. The normalized spacial score (nSPS) is 10.6. The molecule has 11 heavy (non-hydrogen) atoms. The fraction of sp³-hybridized carbons (Fsp3) is 0.167. The Morgan fingerprint density at radius 3 is 3.27 bits per heavy atom. The van der Waals surface area contributed by atoms with Gasteiger partial charge in [-0.1, -0.05) is 11.3 Å². The van der Waals surface area contributed by atoms with E-state index in [-0.39, 0.29) is 4.74 Å². The zero-order chi connectivity index (χ0) is 7.84. The largest absolute Gasteiger partial charge is 0.339 e. The molecule has 2 rings (SSSR count). The number of imidazole rings is 1. The van der Waals surface area contributed by atoms with Gasteiger partial charge in [0.15, 0.2) is 5.65 Å². The third-order valence-corrected chi connectivity index (χ3v) is 2.10. The van der Waals surface area contributed by atoms with Crippen molar-refractivity contribution in [1.82, 2.24) is 15.0 Å². The molecule has 2 heterocycles. The molecule has 0 fully saturated rings. The van der Waals surface area contributed by atoms with Crippen molar-refractivity contribution < 1.29 is 0 Å². The second kappa shape index (κ2) is 2.13. The van der Waals surface area contributed by atoms with Crippen molar-refractivity contribution in [3.05, 3.63) is 20.9 Å². The van der Waals surface area contributed by atoms with E-state index >= 15 is 0 Å². The van der Waals surface area contributed by atoms with Crippen LogP contribution in [0, 0.1) is 6.92 Å². The summed E-state index contributed by atoms with van der Waals surface area (Å²) < 4.78 is -0.00926. The first-order valence-corrected chi connectivity index (χ1v) is 3.90. The highest BCUT2D eigenvalue weighted by Gasteiger charge is 2.02. The molecule has 0 saturated carbocycles. The number of hydrogen-bond acceptors (Lipinski definition) is 4. The van der Waals surface area contributed by atoms with Crippen LogP contribution in [0.15, 0.2) is 11.1 Å². The minimum absolute atomic E-state index is 0.00926. The van der Waals surface area contributed by atoms with Gasteiger partial charge in [0, 0.05) is 0 Å². The van der Waals surface area contributed by atoms with Gasteiger partial charge in [-0.2, -0.15) is 0 Å². The molecule has 0 spiro atoms. The van der Waals surface area contributed by atoms with E-state index in [9.17, 15) is 4.79 Å². The number of aromatic nitrogens is 3. The van der Waals surface area contributed by atoms with Crippen LogP contribution >= 0.6 is 11.3 Å². The molecule has 0 aromatic carbocycles. The van der Waals surface area contributed by atoms with Crippen molar-refractivity contribution in [1.29, 1.82) is 0 Å². The maximum Gasteiger partial charge on any atom is 0.261 e. The molecule has 0 aliphatic heterocycles. The lowest BCUT2D eigenvalue weighted by Gasteiger charge is -1.86. The molecule has 56 valence electrons. The maximum absolute atomic E-state index is 11.2. The number of nitrogens with zero attached hydrogens (tertiary/aromatic N) is 2. The molecule has 0 aliphatic carbocycles. The summed E-state index contributed by atoms with van der Waals surface area (Å²) in [6, 6.07) is 0. The van der Waals surface area contributed by atoms with Crippen LogP contribution < -0.4 is 4.74 Å². The summed E-state index contributed by atoms with van der Waals surface area (Å²) in [6.45, 7) is 1.79. The number of aryl methyl sites for hydroxylation is 1. The van der Waals surface area contributed by atoms with Gasteiger partial charge in [0.25, 0.3) is 4.74 Å². The highest BCUT2D eigenvalue weighted by atomic mass is 32.1. The van der Waals surface area contributed by atoms with E-state index in [1.807, 2.05) is 0 Å². The number of rotatable bonds is 0. The third kappa shape index (κ3) is 0.932. The summed E-state index contributed by atoms with van der Waals surface area (Å²) >= 11 is 1.13. The van der Waals surface area contributed by atoms with Gasteiger partial charge in [0.2, 0.25) is 0 Å². The van der Waals surface area contributed by atoms with Crippen molar-refractivity contribution in [3.8, 4) is 0 Å². The zero-order valence-electron chi connectivity index (χ0n) is 5.79. The molecule has 0 bridgehead atoms. The molecule has 0 aliphatic rings. The minimum Gasteiger partial charge on any atom is -0.339 e. The first-order chi connectivity index (χ1) is 5.27. The van der Waals surface area contributed by atoms with Crippen LogP contribution in [0.4, 0.5) is 0 Å². The minimum atomic E-state index is -0.00926. The van der Waals surface area contributed by atoms with Gasteiger partial charge in [-0.3, -0.25) is 4.79 Å². The maximum atomic E-state index is 11.2. The molecular weight excluding hydrogens is 162 g/mol. The Morgan fingerprint density at radius 1 is 1.64 bits per heavy atom. The van der Waals surface area contributed by atoms with E-state index in [1.54, 1.807) is 6.92 Å². The Morgan fingerprint density at radius 2 is 2.45 bits per heavy atom. The molecule has 5 heteroatoms. The van der Waals surface area contributed by atoms with E-state index in [0.29, 0.717) is 11.2 Å². The topological polar surface area (TPSA) is 58.6 Å². The van der Waals surface area contributed by atoms with Crippen LogP contribution in [0.2, 0.25) is 0 Å². The lowest BCUT2D eigenvalue weighted by molar-refractivity contribution is 1.26. The van der Waals surface area contributed by atoms with Crippen LogP contribution in [0.3, 0.4) is 0 Å². The molecule has 0 saturated heterocycles. The lowest BCUT2D eigenvalue weighted by atomic mass is 10.6. The van der Waals surface area contributed by atoms with Gasteiger partial charge in [0.1, 0.15) is 5.52 Å². The number of H-pyrrole nitrogens is 1. The monoisotopic (exact) mass is 167 g/mol. The first kappa shape index (κ1) is 6.48. The molecule has 0 unspecified atom stereocenters. The second-order valence-electron chi connectivity index (χ2n) is 2.12. The van der Waals surface area contributed by atoms with Crippen molar-refractivity contribution >= 4 is 22.5 Å². The van der Waals surface area contributed by atoms with Gasteiger partial charge in [0.05, 0.1) is 11.3 Å². The average molecular weight is 167 g/mol. The van der Waals surface area contributed by atoms with Crippen LogP contribution in [0.5, 0.6) is 0 Å². The Balaban J connectivity index is 3.02. The number of aromatic amines is 1. The van der Waals surface area contributed by atoms with Gasteiger partial charge in [-0.15, -0.1) is 0 Å². The number of nitrogens with one attached hydrogen (secondary N) is 1. The molecular formula is C6H5N3OS. The first-order valence-electron chi connectivity index (χ1n) is 3.08. The smallest absolute Gasteiger partial charge is 0.261 e. The second-order valence-corrected chi connectivity index (χ2v) is 3.29. The van der Waals surface area contributed by atoms with Crippen LogP contribution in [-0.2, 0) is 0 Å². The lowest BCUT2D eigenvalue weighted by Crippen LogP contribution is -1.97. The average Bonchev–Trinajstić information content (AvgIpc) is 2.34. The predicted molar refractivity (Wildman–Crippen MR) is 42.8 cm³/mol. The predicted octanol–water partition coefficient (Wildman–Crippen LogP) is 0.688. The summed E-state index contributed by atoms with van der Waals surface area (Å²) in [5.74, 6) is 0. The van der Waals surface area contributed by atoms with Gasteiger partial charge in [-0.05, 0) is 6.92 Å². The standard InChI is InChI=1S/C6H5N3OS/c1-3-9-5-4(6(10)11-3)7-2-8-5/h2H,1H3,(H,7,8). The van der Waals surface area contributed by atoms with Gasteiger partial charge < -0.3 is 4.98 Å². The quantitative estimate of drug-likeness (QED) is 0.628. The summed E-state index contributed by atoms with van der Waals surface area (Å²) in [5, 5.41) is 0.745. The Hall–Kier alpha value is -1.23. The number of hydrogen-bond donors (Lipinski definition) is 1. The fourth-order valence-corrected chi connectivity index (χ4v) is 1.53. The van der Waals surface area contributed by atoms with Gasteiger partial charge >= 0.3 is 0 Å². The van der Waals surface area contributed by atoms with Crippen LogP contribution in [-0.4, -0.2) is 15.0 Å². The zero-order valence-corrected chi connectivity index (χ0v) is 6.60. The van der Waals surface area contributed by atoms with Crippen molar-refractivity contribution in [2.45, 2.75) is 6.92 Å². The highest BCUT2D eigenvalue weighted by Crippen LogP contribution is 2.04. The molecule has 2 aromatic rings. The SMILES string of the molecule is Cc1nc2nc[nH]c2c(=O)s1. The number of fused-ring (bicyclic) bond motifs is 1. The highest BCUT2D eigenvalue weighted by molar-refractivity contribution is 7.09. The molecule has 0 atom stereocenters. The third-order valence-electron chi connectivity index (χ3n) is 1.33. The summed E-state index contributed by atoms with van der Waals surface area (Å²) in [7, 11) is 0. The Bertz CT molecular complexity index is 444. The van der Waals surface area contributed by atoms with E-state index in [1.165, 1.54) is 6.33 Å². The van der Waals surface area contributed by atoms with Crippen LogP contribution in [0.1, 0.15) is 5.01 Å². The van der Waals surface area contributed by atoms with Gasteiger partial charge in [-0.25, -0.2) is 9.97 Å². The molecule has 0 amide bonds. The van der Waals surface area contributed by atoms with E-state index in [2.05, 4.69) is 15.0 Å². The summed E-state index contributed by atoms with van der Waals surface area (Å²) in [4.78, 5) is 21.9. The fourth-order valence-electron chi connectivity index (χ4n) is 0.879. The molecule has 4 nitrogen and oxygen atoms in total. The molecule has 2 aromatic heterocycles. The molecule has 0 radical (unpaired) electrons. The summed E-state index contributed by atoms with van der Waals surface area (Å²) in [6.07, 6.45) is 1.48. The Kier molecular flexibility index (Phi) is 1.25.